The van der Waals surface area contributed by atoms with Crippen LogP contribution in [0.1, 0.15) is 43.6 Å². The minimum absolute atomic E-state index is 0.00764. The summed E-state index contributed by atoms with van der Waals surface area (Å²) in [6, 6.07) is 15.0. The summed E-state index contributed by atoms with van der Waals surface area (Å²) in [4.78, 5) is 23.2. The number of anilines is 2. The molecule has 4 nitrogen and oxygen atoms in total. The Morgan fingerprint density at radius 2 is 1.42 bits per heavy atom. The van der Waals surface area contributed by atoms with E-state index in [9.17, 15) is 9.59 Å². The van der Waals surface area contributed by atoms with Gasteiger partial charge in [0.1, 0.15) is 0 Å². The van der Waals surface area contributed by atoms with Crippen LogP contribution in [0.15, 0.2) is 48.5 Å². The van der Waals surface area contributed by atoms with Gasteiger partial charge in [-0.15, -0.1) is 0 Å². The highest BCUT2D eigenvalue weighted by atomic mass is 16.2. The Morgan fingerprint density at radius 1 is 0.875 bits per heavy atom. The molecule has 0 saturated carbocycles. The van der Waals surface area contributed by atoms with Gasteiger partial charge in [0.15, 0.2) is 5.78 Å². The summed E-state index contributed by atoms with van der Waals surface area (Å²) < 4.78 is 0. The van der Waals surface area contributed by atoms with Gasteiger partial charge in [-0.1, -0.05) is 32.9 Å². The number of rotatable bonds is 5. The standard InChI is InChI=1S/C20H24N2O2/c1-14(23)15-5-9-18(10-6-15)22-19(24)13-21-17-11-7-16(8-12-17)20(2,3)4/h5-12,21H,13H2,1-4H3,(H,22,24). The molecule has 0 aromatic heterocycles. The first-order valence-electron chi connectivity index (χ1n) is 8.01. The maximum Gasteiger partial charge on any atom is 0.243 e. The molecule has 2 rings (SSSR count). The lowest BCUT2D eigenvalue weighted by atomic mass is 9.87. The second-order valence-electron chi connectivity index (χ2n) is 6.86. The molecule has 0 aliphatic carbocycles. The fourth-order valence-corrected chi connectivity index (χ4v) is 2.26. The molecular formula is C20H24N2O2. The molecule has 0 unspecified atom stereocenters. The largest absolute Gasteiger partial charge is 0.376 e. The summed E-state index contributed by atoms with van der Waals surface area (Å²) in [7, 11) is 0. The van der Waals surface area contributed by atoms with Gasteiger partial charge in [0.25, 0.3) is 0 Å². The Balaban J connectivity index is 1.87. The fourth-order valence-electron chi connectivity index (χ4n) is 2.26. The van der Waals surface area contributed by atoms with Crippen LogP contribution in [0.2, 0.25) is 0 Å². The summed E-state index contributed by atoms with van der Waals surface area (Å²) >= 11 is 0. The summed E-state index contributed by atoms with van der Waals surface area (Å²) in [6.45, 7) is 8.20. The van der Waals surface area contributed by atoms with Crippen LogP contribution in [-0.4, -0.2) is 18.2 Å². The molecular weight excluding hydrogens is 300 g/mol. The molecule has 126 valence electrons. The quantitative estimate of drug-likeness (QED) is 0.809. The zero-order valence-corrected chi connectivity index (χ0v) is 14.6. The number of benzene rings is 2. The Bertz CT molecular complexity index is 711. The third kappa shape index (κ3) is 4.95. The van der Waals surface area contributed by atoms with Crippen molar-refractivity contribution < 1.29 is 9.59 Å². The Morgan fingerprint density at radius 3 is 1.92 bits per heavy atom. The first kappa shape index (κ1) is 17.7. The molecule has 2 aromatic rings. The maximum absolute atomic E-state index is 12.0. The molecule has 1 amide bonds. The van der Waals surface area contributed by atoms with Gasteiger partial charge in [-0.2, -0.15) is 0 Å². The number of carbonyl (C=O) groups is 2. The third-order valence-corrected chi connectivity index (χ3v) is 3.78. The molecule has 0 heterocycles. The van der Waals surface area contributed by atoms with Gasteiger partial charge < -0.3 is 10.6 Å². The Kier molecular flexibility index (Phi) is 5.39. The van der Waals surface area contributed by atoms with Gasteiger partial charge in [-0.3, -0.25) is 9.59 Å². The van der Waals surface area contributed by atoms with Crippen molar-refractivity contribution in [1.29, 1.82) is 0 Å². The molecule has 0 spiro atoms. The van der Waals surface area contributed by atoms with Crippen LogP contribution in [0.3, 0.4) is 0 Å². The van der Waals surface area contributed by atoms with E-state index < -0.39 is 0 Å². The Hall–Kier alpha value is -2.62. The highest BCUT2D eigenvalue weighted by Crippen LogP contribution is 2.23. The lowest BCUT2D eigenvalue weighted by Gasteiger charge is -2.19. The molecule has 4 heteroatoms. The van der Waals surface area contributed by atoms with E-state index in [0.29, 0.717) is 11.3 Å². The third-order valence-electron chi connectivity index (χ3n) is 3.78. The van der Waals surface area contributed by atoms with Crippen molar-refractivity contribution in [3.05, 3.63) is 59.7 Å². The molecule has 0 atom stereocenters. The smallest absolute Gasteiger partial charge is 0.243 e. The van der Waals surface area contributed by atoms with E-state index in [4.69, 9.17) is 0 Å². The van der Waals surface area contributed by atoms with E-state index in [-0.39, 0.29) is 23.7 Å². The average molecular weight is 324 g/mol. The first-order chi connectivity index (χ1) is 11.3. The van der Waals surface area contributed by atoms with Gasteiger partial charge in [0.05, 0.1) is 6.54 Å². The summed E-state index contributed by atoms with van der Waals surface area (Å²) in [5.74, 6) is -0.126. The SMILES string of the molecule is CC(=O)c1ccc(NC(=O)CNc2ccc(C(C)(C)C)cc2)cc1. The second-order valence-corrected chi connectivity index (χ2v) is 6.86. The van der Waals surface area contributed by atoms with Crippen LogP contribution in [-0.2, 0) is 10.2 Å². The van der Waals surface area contributed by atoms with Crippen molar-refractivity contribution in [2.75, 3.05) is 17.2 Å². The van der Waals surface area contributed by atoms with E-state index in [0.717, 1.165) is 5.69 Å². The minimum atomic E-state index is -0.134. The van der Waals surface area contributed by atoms with Crippen molar-refractivity contribution in [2.24, 2.45) is 0 Å². The van der Waals surface area contributed by atoms with E-state index in [2.05, 4.69) is 43.5 Å². The fraction of sp³-hybridized carbons (Fsp3) is 0.300. The van der Waals surface area contributed by atoms with Gasteiger partial charge in [0.2, 0.25) is 5.91 Å². The maximum atomic E-state index is 12.0. The molecule has 0 bridgehead atoms. The highest BCUT2D eigenvalue weighted by molar-refractivity contribution is 5.96. The molecule has 0 saturated heterocycles. The van der Waals surface area contributed by atoms with Crippen molar-refractivity contribution in [2.45, 2.75) is 33.1 Å². The lowest BCUT2D eigenvalue weighted by Crippen LogP contribution is -2.21. The van der Waals surface area contributed by atoms with Crippen molar-refractivity contribution >= 4 is 23.1 Å². The van der Waals surface area contributed by atoms with Crippen LogP contribution in [0, 0.1) is 0 Å². The lowest BCUT2D eigenvalue weighted by molar-refractivity contribution is -0.114. The van der Waals surface area contributed by atoms with E-state index >= 15 is 0 Å². The monoisotopic (exact) mass is 324 g/mol. The number of Topliss-reactive ketones (excluding diaryl/α,β-unsaturated/α-hetero) is 1. The van der Waals surface area contributed by atoms with Crippen LogP contribution >= 0.6 is 0 Å². The zero-order valence-electron chi connectivity index (χ0n) is 14.6. The number of amides is 1. The highest BCUT2D eigenvalue weighted by Gasteiger charge is 2.12. The molecule has 2 aromatic carbocycles. The number of hydrogen-bond donors (Lipinski definition) is 2. The van der Waals surface area contributed by atoms with Crippen LogP contribution in [0.5, 0.6) is 0 Å². The van der Waals surface area contributed by atoms with Crippen molar-refractivity contribution in [3.8, 4) is 0 Å². The normalized spacial score (nSPS) is 11.0. The van der Waals surface area contributed by atoms with Gasteiger partial charge in [-0.25, -0.2) is 0 Å². The van der Waals surface area contributed by atoms with Crippen LogP contribution in [0.25, 0.3) is 0 Å². The van der Waals surface area contributed by atoms with E-state index in [1.807, 2.05) is 12.1 Å². The van der Waals surface area contributed by atoms with Crippen LogP contribution < -0.4 is 10.6 Å². The summed E-state index contributed by atoms with van der Waals surface area (Å²) in [6.07, 6.45) is 0. The molecule has 24 heavy (non-hydrogen) atoms. The Labute approximate surface area is 143 Å². The number of nitrogens with one attached hydrogen (secondary N) is 2. The molecule has 0 fully saturated rings. The van der Waals surface area contributed by atoms with E-state index in [1.54, 1.807) is 24.3 Å². The topological polar surface area (TPSA) is 58.2 Å². The van der Waals surface area contributed by atoms with Gasteiger partial charge in [-0.05, 0) is 54.3 Å². The molecule has 0 radical (unpaired) electrons. The average Bonchev–Trinajstić information content (AvgIpc) is 2.53. The predicted molar refractivity (Wildman–Crippen MR) is 98.7 cm³/mol. The number of ketones is 1. The van der Waals surface area contributed by atoms with E-state index in [1.165, 1.54) is 12.5 Å². The van der Waals surface area contributed by atoms with Crippen LogP contribution in [0.4, 0.5) is 11.4 Å². The summed E-state index contributed by atoms with van der Waals surface area (Å²) in [5.41, 5.74) is 3.58. The summed E-state index contributed by atoms with van der Waals surface area (Å²) in [5, 5.41) is 5.91. The number of carbonyl (C=O) groups excluding carboxylic acids is 2. The predicted octanol–water partition coefficient (Wildman–Crippen LogP) is 4.24. The first-order valence-corrected chi connectivity index (χ1v) is 8.01. The van der Waals surface area contributed by atoms with Crippen molar-refractivity contribution in [3.63, 3.8) is 0 Å². The molecule has 0 aliphatic heterocycles. The molecule has 0 aliphatic rings. The van der Waals surface area contributed by atoms with Gasteiger partial charge >= 0.3 is 0 Å². The van der Waals surface area contributed by atoms with Crippen molar-refractivity contribution in [1.82, 2.24) is 0 Å². The van der Waals surface area contributed by atoms with Gasteiger partial charge in [0, 0.05) is 16.9 Å². The second kappa shape index (κ2) is 7.30. The molecule has 2 N–H and O–H groups in total. The zero-order chi connectivity index (χ0) is 17.7. The number of hydrogen-bond acceptors (Lipinski definition) is 3. The minimum Gasteiger partial charge on any atom is -0.376 e.